The molecule has 170 valence electrons. The van der Waals surface area contributed by atoms with Gasteiger partial charge in [-0.1, -0.05) is 55.9 Å². The maximum absolute atomic E-state index is 10.3. The SMILES string of the molecule is CC(C)c1[nH]nc2c(NCc3ccc(-c4ccccn4)cc3)nc(SC3CCCC3O)nc12. The Morgan fingerprint density at radius 3 is 2.64 bits per heavy atom. The van der Waals surface area contributed by atoms with Crippen molar-refractivity contribution < 1.29 is 5.11 Å². The third-order valence-corrected chi connectivity index (χ3v) is 7.28. The van der Waals surface area contributed by atoms with Crippen LogP contribution in [-0.2, 0) is 6.54 Å². The molecule has 3 N–H and O–H groups in total. The Hall–Kier alpha value is -2.97. The minimum Gasteiger partial charge on any atom is -0.392 e. The highest BCUT2D eigenvalue weighted by atomic mass is 32.2. The summed E-state index contributed by atoms with van der Waals surface area (Å²) in [5.74, 6) is 0.985. The van der Waals surface area contributed by atoms with Crippen LogP contribution in [0.2, 0.25) is 0 Å². The molecule has 2 atom stereocenters. The van der Waals surface area contributed by atoms with Gasteiger partial charge in [0.05, 0.1) is 17.5 Å². The highest BCUT2D eigenvalue weighted by molar-refractivity contribution is 7.99. The number of thioether (sulfide) groups is 1. The molecule has 1 fully saturated rings. The molecule has 2 unspecified atom stereocenters. The second kappa shape index (κ2) is 9.49. The van der Waals surface area contributed by atoms with Crippen molar-refractivity contribution in [2.24, 2.45) is 0 Å². The summed E-state index contributed by atoms with van der Waals surface area (Å²) in [6.45, 7) is 4.87. The summed E-state index contributed by atoms with van der Waals surface area (Å²) in [5.41, 5.74) is 5.79. The Morgan fingerprint density at radius 2 is 1.94 bits per heavy atom. The number of aliphatic hydroxyl groups is 1. The second-order valence-electron chi connectivity index (χ2n) is 8.76. The van der Waals surface area contributed by atoms with Gasteiger partial charge in [-0.25, -0.2) is 9.97 Å². The number of aliphatic hydroxyl groups excluding tert-OH is 1. The Morgan fingerprint density at radius 1 is 1.09 bits per heavy atom. The average molecular weight is 461 g/mol. The van der Waals surface area contributed by atoms with Crippen LogP contribution in [0.15, 0.2) is 53.8 Å². The van der Waals surface area contributed by atoms with Gasteiger partial charge >= 0.3 is 0 Å². The number of fused-ring (bicyclic) bond motifs is 1. The zero-order chi connectivity index (χ0) is 22.8. The first-order chi connectivity index (χ1) is 16.1. The fourth-order valence-electron chi connectivity index (χ4n) is 4.17. The fourth-order valence-corrected chi connectivity index (χ4v) is 5.30. The van der Waals surface area contributed by atoms with Crippen LogP contribution in [0.4, 0.5) is 5.82 Å². The summed E-state index contributed by atoms with van der Waals surface area (Å²) in [6.07, 6.45) is 4.39. The predicted molar refractivity (Wildman–Crippen MR) is 132 cm³/mol. The van der Waals surface area contributed by atoms with Gasteiger partial charge in [-0.2, -0.15) is 5.10 Å². The van der Waals surface area contributed by atoms with Crippen LogP contribution in [-0.4, -0.2) is 41.6 Å². The van der Waals surface area contributed by atoms with E-state index in [0.29, 0.717) is 17.5 Å². The molecule has 0 saturated heterocycles. The molecule has 5 rings (SSSR count). The molecular formula is C25H28N6OS. The molecule has 1 saturated carbocycles. The maximum atomic E-state index is 10.3. The maximum Gasteiger partial charge on any atom is 0.190 e. The normalized spacial score (nSPS) is 18.3. The highest BCUT2D eigenvalue weighted by Crippen LogP contribution is 2.36. The first-order valence-electron chi connectivity index (χ1n) is 11.4. The zero-order valence-electron chi connectivity index (χ0n) is 18.8. The number of nitrogens with one attached hydrogen (secondary N) is 2. The van der Waals surface area contributed by atoms with Crippen LogP contribution < -0.4 is 5.32 Å². The summed E-state index contributed by atoms with van der Waals surface area (Å²) in [7, 11) is 0. The van der Waals surface area contributed by atoms with Crippen LogP contribution in [0, 0.1) is 0 Å². The average Bonchev–Trinajstić information content (AvgIpc) is 3.45. The minimum atomic E-state index is -0.294. The largest absolute Gasteiger partial charge is 0.392 e. The smallest absolute Gasteiger partial charge is 0.190 e. The van der Waals surface area contributed by atoms with Gasteiger partial charge in [0.25, 0.3) is 0 Å². The van der Waals surface area contributed by atoms with Crippen molar-refractivity contribution in [2.75, 3.05) is 5.32 Å². The van der Waals surface area contributed by atoms with E-state index >= 15 is 0 Å². The number of benzene rings is 1. The monoisotopic (exact) mass is 460 g/mol. The molecule has 1 aliphatic rings. The number of H-pyrrole nitrogens is 1. The number of aromatic amines is 1. The molecule has 7 nitrogen and oxygen atoms in total. The predicted octanol–water partition coefficient (Wildman–Crippen LogP) is 5.16. The van der Waals surface area contributed by atoms with E-state index in [1.807, 2.05) is 18.2 Å². The third kappa shape index (κ3) is 4.72. The lowest BCUT2D eigenvalue weighted by atomic mass is 10.1. The highest BCUT2D eigenvalue weighted by Gasteiger charge is 2.28. The lowest BCUT2D eigenvalue weighted by molar-refractivity contribution is 0.188. The molecule has 0 bridgehead atoms. The molecule has 3 aromatic heterocycles. The summed E-state index contributed by atoms with van der Waals surface area (Å²) in [4.78, 5) is 14.0. The number of pyridine rings is 1. The van der Waals surface area contributed by atoms with Gasteiger partial charge in [0.15, 0.2) is 16.5 Å². The second-order valence-corrected chi connectivity index (χ2v) is 9.97. The number of anilines is 1. The molecule has 33 heavy (non-hydrogen) atoms. The Bertz CT molecular complexity index is 1230. The molecule has 0 spiro atoms. The van der Waals surface area contributed by atoms with Crippen LogP contribution in [0.1, 0.15) is 50.3 Å². The summed E-state index contributed by atoms with van der Waals surface area (Å²) < 4.78 is 0. The van der Waals surface area contributed by atoms with Crippen molar-refractivity contribution in [1.29, 1.82) is 0 Å². The van der Waals surface area contributed by atoms with E-state index in [2.05, 4.69) is 58.6 Å². The van der Waals surface area contributed by atoms with E-state index in [1.54, 1.807) is 18.0 Å². The van der Waals surface area contributed by atoms with Crippen LogP contribution in [0.25, 0.3) is 22.3 Å². The van der Waals surface area contributed by atoms with E-state index in [4.69, 9.17) is 9.97 Å². The zero-order valence-corrected chi connectivity index (χ0v) is 19.6. The molecule has 0 amide bonds. The molecule has 0 aliphatic heterocycles. The minimum absolute atomic E-state index is 0.142. The Labute approximate surface area is 197 Å². The Kier molecular flexibility index (Phi) is 6.28. The molecule has 1 aromatic carbocycles. The van der Waals surface area contributed by atoms with E-state index in [1.165, 1.54) is 0 Å². The lowest BCUT2D eigenvalue weighted by Gasteiger charge is -2.14. The number of hydrogen-bond donors (Lipinski definition) is 3. The standard InChI is InChI=1S/C25H28N6OS/c1-15(2)21-22-23(31-30-21)24(29-25(28-22)33-20-8-5-7-19(20)32)27-14-16-9-11-17(12-10-16)18-6-3-4-13-26-18/h3-4,6,9-13,15,19-20,32H,5,7-8,14H2,1-2H3,(H,30,31)(H,27,28,29). The third-order valence-electron chi connectivity index (χ3n) is 6.03. The number of rotatable bonds is 7. The van der Waals surface area contributed by atoms with Crippen molar-refractivity contribution in [2.45, 2.75) is 62.1 Å². The van der Waals surface area contributed by atoms with Crippen molar-refractivity contribution >= 4 is 28.6 Å². The first kappa shape index (κ1) is 21.9. The van der Waals surface area contributed by atoms with Gasteiger partial charge in [-0.3, -0.25) is 10.1 Å². The summed E-state index contributed by atoms with van der Waals surface area (Å²) in [5, 5.41) is 22.2. The van der Waals surface area contributed by atoms with Gasteiger partial charge in [-0.15, -0.1) is 0 Å². The van der Waals surface area contributed by atoms with Gasteiger partial charge in [-0.05, 0) is 42.9 Å². The van der Waals surface area contributed by atoms with Crippen molar-refractivity contribution in [3.05, 3.63) is 59.9 Å². The number of nitrogens with zero attached hydrogens (tertiary/aromatic N) is 4. The molecule has 4 aromatic rings. The summed E-state index contributed by atoms with van der Waals surface area (Å²) in [6, 6.07) is 14.3. The fraction of sp³-hybridized carbons (Fsp3) is 0.360. The van der Waals surface area contributed by atoms with E-state index in [0.717, 1.165) is 52.8 Å². The quantitative estimate of drug-likeness (QED) is 0.328. The van der Waals surface area contributed by atoms with Crippen molar-refractivity contribution in [1.82, 2.24) is 25.1 Å². The van der Waals surface area contributed by atoms with Crippen LogP contribution in [0.3, 0.4) is 0 Å². The van der Waals surface area contributed by atoms with Gasteiger partial charge in [0.2, 0.25) is 0 Å². The van der Waals surface area contributed by atoms with Gasteiger partial charge in [0, 0.05) is 23.6 Å². The first-order valence-corrected chi connectivity index (χ1v) is 12.3. The Balaban J connectivity index is 1.39. The molecule has 8 heteroatoms. The number of hydrogen-bond acceptors (Lipinski definition) is 7. The topological polar surface area (TPSA) is 99.6 Å². The molecular weight excluding hydrogens is 432 g/mol. The lowest BCUT2D eigenvalue weighted by Crippen LogP contribution is -2.15. The molecule has 0 radical (unpaired) electrons. The van der Waals surface area contributed by atoms with Crippen molar-refractivity contribution in [3.63, 3.8) is 0 Å². The van der Waals surface area contributed by atoms with Crippen molar-refractivity contribution in [3.8, 4) is 11.3 Å². The molecule has 3 heterocycles. The van der Waals surface area contributed by atoms with Gasteiger partial charge in [0.1, 0.15) is 5.52 Å². The van der Waals surface area contributed by atoms with Crippen LogP contribution >= 0.6 is 11.8 Å². The van der Waals surface area contributed by atoms with E-state index in [9.17, 15) is 5.11 Å². The summed E-state index contributed by atoms with van der Waals surface area (Å²) >= 11 is 1.57. The van der Waals surface area contributed by atoms with E-state index < -0.39 is 0 Å². The van der Waals surface area contributed by atoms with Gasteiger partial charge < -0.3 is 10.4 Å². The van der Waals surface area contributed by atoms with Crippen LogP contribution in [0.5, 0.6) is 0 Å². The van der Waals surface area contributed by atoms with E-state index in [-0.39, 0.29) is 17.3 Å². The molecule has 1 aliphatic carbocycles. The number of aromatic nitrogens is 5.